The lowest BCUT2D eigenvalue weighted by atomic mass is 9.90. The maximum Gasteiger partial charge on any atom is 0.335 e. The van der Waals surface area contributed by atoms with E-state index in [1.165, 1.54) is 11.0 Å². The molecule has 0 radical (unpaired) electrons. The van der Waals surface area contributed by atoms with Crippen LogP contribution in [-0.4, -0.2) is 34.8 Å². The van der Waals surface area contributed by atoms with Gasteiger partial charge >= 0.3 is 12.0 Å². The van der Waals surface area contributed by atoms with Gasteiger partial charge in [0.25, 0.3) is 0 Å². The Kier molecular flexibility index (Phi) is 2.26. The van der Waals surface area contributed by atoms with Crippen LogP contribution in [0.15, 0.2) is 18.2 Å². The summed E-state index contributed by atoms with van der Waals surface area (Å²) < 4.78 is 5.88. The molecule has 6 nitrogen and oxygen atoms in total. The molecule has 1 saturated heterocycles. The third-order valence-electron chi connectivity index (χ3n) is 3.86. The summed E-state index contributed by atoms with van der Waals surface area (Å²) in [5.74, 6) is -0.369. The predicted octanol–water partition coefficient (Wildman–Crippen LogP) is 1.58. The molecule has 1 aromatic rings. The van der Waals surface area contributed by atoms with Crippen molar-refractivity contribution in [2.75, 3.05) is 7.05 Å². The second kappa shape index (κ2) is 3.63. The average Bonchev–Trinajstić information content (AvgIpc) is 2.35. The third-order valence-corrected chi connectivity index (χ3v) is 3.86. The minimum atomic E-state index is -0.990. The summed E-state index contributed by atoms with van der Waals surface area (Å²) in [7, 11) is 1.68. The number of carbonyl (C=O) groups is 2. The first-order chi connectivity index (χ1) is 8.90. The van der Waals surface area contributed by atoms with Crippen LogP contribution in [0.25, 0.3) is 0 Å². The van der Waals surface area contributed by atoms with Gasteiger partial charge in [-0.25, -0.2) is 9.59 Å². The Morgan fingerprint density at radius 1 is 1.58 bits per heavy atom. The molecule has 0 aliphatic carbocycles. The lowest BCUT2D eigenvalue weighted by Gasteiger charge is -2.49. The molecule has 0 spiro atoms. The fraction of sp³-hybridized carbons (Fsp3) is 0.385. The van der Waals surface area contributed by atoms with E-state index < -0.39 is 11.7 Å². The molecule has 2 atom stereocenters. The number of urea groups is 1. The van der Waals surface area contributed by atoms with E-state index in [0.29, 0.717) is 12.2 Å². The van der Waals surface area contributed by atoms with E-state index in [1.807, 2.05) is 6.92 Å². The number of fused-ring (bicyclic) bond motifs is 4. The quantitative estimate of drug-likeness (QED) is 0.805. The molecule has 2 bridgehead atoms. The highest BCUT2D eigenvalue weighted by Crippen LogP contribution is 2.43. The highest BCUT2D eigenvalue weighted by atomic mass is 16.5. The molecule has 0 aromatic heterocycles. The molecule has 1 fully saturated rings. The summed E-state index contributed by atoms with van der Waals surface area (Å²) in [6, 6.07) is 4.29. The van der Waals surface area contributed by atoms with E-state index in [-0.39, 0.29) is 17.6 Å². The monoisotopic (exact) mass is 262 g/mol. The first-order valence-electron chi connectivity index (χ1n) is 6.01. The van der Waals surface area contributed by atoms with Gasteiger partial charge in [-0.05, 0) is 25.1 Å². The van der Waals surface area contributed by atoms with Crippen LogP contribution in [-0.2, 0) is 0 Å². The van der Waals surface area contributed by atoms with Gasteiger partial charge in [-0.2, -0.15) is 0 Å². The molecule has 0 unspecified atom stereocenters. The molecule has 100 valence electrons. The maximum atomic E-state index is 11.9. The molecule has 3 rings (SSSR count). The maximum absolute atomic E-state index is 11.9. The van der Waals surface area contributed by atoms with E-state index in [9.17, 15) is 9.59 Å². The predicted molar refractivity (Wildman–Crippen MR) is 66.1 cm³/mol. The van der Waals surface area contributed by atoms with Crippen molar-refractivity contribution < 1.29 is 19.4 Å². The van der Waals surface area contributed by atoms with Gasteiger partial charge in [0, 0.05) is 19.0 Å². The molecule has 19 heavy (non-hydrogen) atoms. The molecular weight excluding hydrogens is 248 g/mol. The molecule has 2 aliphatic heterocycles. The number of carboxylic acid groups (broad SMARTS) is 1. The summed E-state index contributed by atoms with van der Waals surface area (Å²) in [4.78, 5) is 24.4. The Labute approximate surface area is 110 Å². The summed E-state index contributed by atoms with van der Waals surface area (Å²) in [6.07, 6.45) is 0.589. The van der Waals surface area contributed by atoms with Crippen molar-refractivity contribution in [3.05, 3.63) is 29.3 Å². The lowest BCUT2D eigenvalue weighted by Crippen LogP contribution is -2.63. The van der Waals surface area contributed by atoms with Gasteiger partial charge in [0.1, 0.15) is 5.75 Å². The van der Waals surface area contributed by atoms with E-state index >= 15 is 0 Å². The van der Waals surface area contributed by atoms with Crippen molar-refractivity contribution in [3.8, 4) is 5.75 Å². The molecule has 2 aliphatic rings. The van der Waals surface area contributed by atoms with E-state index in [0.717, 1.165) is 5.56 Å². The Balaban J connectivity index is 2.09. The molecule has 2 amide bonds. The second-order valence-corrected chi connectivity index (χ2v) is 5.10. The van der Waals surface area contributed by atoms with Crippen molar-refractivity contribution >= 4 is 12.0 Å². The van der Waals surface area contributed by atoms with Crippen molar-refractivity contribution in [2.24, 2.45) is 0 Å². The number of benzene rings is 1. The highest BCUT2D eigenvalue weighted by molar-refractivity contribution is 5.88. The van der Waals surface area contributed by atoms with E-state index in [4.69, 9.17) is 9.84 Å². The first kappa shape index (κ1) is 11.8. The number of carboxylic acids is 1. The molecule has 2 heterocycles. The fourth-order valence-electron chi connectivity index (χ4n) is 2.61. The first-order valence-corrected chi connectivity index (χ1v) is 6.01. The Morgan fingerprint density at radius 2 is 2.32 bits per heavy atom. The van der Waals surface area contributed by atoms with Gasteiger partial charge in [-0.1, -0.05) is 0 Å². The summed E-state index contributed by atoms with van der Waals surface area (Å²) in [5, 5.41) is 11.9. The van der Waals surface area contributed by atoms with Crippen molar-refractivity contribution in [3.63, 3.8) is 0 Å². The van der Waals surface area contributed by atoms with Crippen LogP contribution in [0.2, 0.25) is 0 Å². The zero-order valence-corrected chi connectivity index (χ0v) is 10.6. The number of rotatable bonds is 1. The van der Waals surface area contributed by atoms with E-state index in [2.05, 4.69) is 5.32 Å². The standard InChI is InChI=1S/C13H14N2O4/c1-13-6-9(14-12(18)15(13)2)8-5-7(11(16)17)3-4-10(8)19-13/h3-5,9H,6H2,1-2H3,(H,14,18)(H,16,17)/t9-,13-/m1/s1. The van der Waals surface area contributed by atoms with Gasteiger partial charge < -0.3 is 15.2 Å². The van der Waals surface area contributed by atoms with Crippen molar-refractivity contribution in [1.82, 2.24) is 10.2 Å². The fourth-order valence-corrected chi connectivity index (χ4v) is 2.61. The summed E-state index contributed by atoms with van der Waals surface area (Å²) in [5.41, 5.74) is 0.225. The zero-order chi connectivity index (χ0) is 13.8. The molecule has 6 heteroatoms. The minimum absolute atomic E-state index is 0.194. The van der Waals surface area contributed by atoms with Crippen LogP contribution >= 0.6 is 0 Å². The van der Waals surface area contributed by atoms with Gasteiger partial charge in [0.2, 0.25) is 0 Å². The Morgan fingerprint density at radius 3 is 3.00 bits per heavy atom. The van der Waals surface area contributed by atoms with Crippen LogP contribution in [0.3, 0.4) is 0 Å². The smallest absolute Gasteiger partial charge is 0.335 e. The Bertz CT molecular complexity index is 586. The minimum Gasteiger partial charge on any atom is -0.478 e. The zero-order valence-electron chi connectivity index (χ0n) is 10.6. The topological polar surface area (TPSA) is 78.9 Å². The van der Waals surface area contributed by atoms with Crippen LogP contribution in [0.1, 0.15) is 35.3 Å². The van der Waals surface area contributed by atoms with Crippen LogP contribution in [0.5, 0.6) is 5.75 Å². The van der Waals surface area contributed by atoms with Crippen molar-refractivity contribution in [2.45, 2.75) is 25.1 Å². The molecular formula is C13H14N2O4. The van der Waals surface area contributed by atoms with Gasteiger partial charge in [0.05, 0.1) is 11.6 Å². The lowest BCUT2D eigenvalue weighted by molar-refractivity contribution is -0.0718. The van der Waals surface area contributed by atoms with Crippen LogP contribution in [0, 0.1) is 0 Å². The Hall–Kier alpha value is -2.24. The van der Waals surface area contributed by atoms with E-state index in [1.54, 1.807) is 19.2 Å². The summed E-state index contributed by atoms with van der Waals surface area (Å²) >= 11 is 0. The summed E-state index contributed by atoms with van der Waals surface area (Å²) in [6.45, 7) is 1.85. The average molecular weight is 262 g/mol. The number of amides is 2. The largest absolute Gasteiger partial charge is 0.478 e. The second-order valence-electron chi connectivity index (χ2n) is 5.10. The number of nitrogens with zero attached hydrogens (tertiary/aromatic N) is 1. The number of nitrogens with one attached hydrogen (secondary N) is 1. The number of hydrogen-bond donors (Lipinski definition) is 2. The van der Waals surface area contributed by atoms with Crippen LogP contribution < -0.4 is 10.1 Å². The third kappa shape index (κ3) is 1.63. The number of carbonyl (C=O) groups excluding carboxylic acids is 1. The van der Waals surface area contributed by atoms with Gasteiger partial charge in [-0.3, -0.25) is 4.90 Å². The molecule has 1 aromatic carbocycles. The molecule has 0 saturated carbocycles. The number of hydrogen-bond acceptors (Lipinski definition) is 3. The number of ether oxygens (including phenoxy) is 1. The SMILES string of the molecule is CN1C(=O)N[C@@H]2C[C@@]1(C)Oc1ccc(C(=O)O)cc12. The highest BCUT2D eigenvalue weighted by Gasteiger charge is 2.47. The van der Waals surface area contributed by atoms with Gasteiger partial charge in [-0.15, -0.1) is 0 Å². The van der Waals surface area contributed by atoms with Crippen molar-refractivity contribution in [1.29, 1.82) is 0 Å². The molecule has 2 N–H and O–H groups in total. The number of aromatic carboxylic acids is 1. The van der Waals surface area contributed by atoms with Crippen LogP contribution in [0.4, 0.5) is 4.79 Å². The van der Waals surface area contributed by atoms with Gasteiger partial charge in [0.15, 0.2) is 5.72 Å². The normalized spacial score (nSPS) is 28.2.